The fourth-order valence-corrected chi connectivity index (χ4v) is 2.19. The van der Waals surface area contributed by atoms with E-state index in [-0.39, 0.29) is 23.8 Å². The van der Waals surface area contributed by atoms with Crippen molar-refractivity contribution < 1.29 is 14.3 Å². The smallest absolute Gasteiger partial charge is 0.309 e. The van der Waals surface area contributed by atoms with E-state index in [1.807, 2.05) is 13.8 Å². The summed E-state index contributed by atoms with van der Waals surface area (Å²) in [6.45, 7) is 7.80. The molecule has 3 atom stereocenters. The van der Waals surface area contributed by atoms with Gasteiger partial charge in [0.15, 0.2) is 0 Å². The van der Waals surface area contributed by atoms with Crippen molar-refractivity contribution in [2.75, 3.05) is 0 Å². The molecule has 2 fully saturated rings. The van der Waals surface area contributed by atoms with Crippen LogP contribution in [0.3, 0.4) is 0 Å². The highest BCUT2D eigenvalue weighted by molar-refractivity contribution is 5.73. The van der Waals surface area contributed by atoms with Crippen molar-refractivity contribution in [1.82, 2.24) is 0 Å². The molecule has 2 aliphatic heterocycles. The minimum absolute atomic E-state index is 0.0783. The predicted molar refractivity (Wildman–Crippen MR) is 51.8 cm³/mol. The highest BCUT2D eigenvalue weighted by atomic mass is 16.6. The van der Waals surface area contributed by atoms with Gasteiger partial charge >= 0.3 is 5.97 Å². The van der Waals surface area contributed by atoms with Gasteiger partial charge in [0.2, 0.25) is 0 Å². The second kappa shape index (κ2) is 3.09. The number of carbonyl (C=O) groups is 1. The Morgan fingerprint density at radius 2 is 2.36 bits per heavy atom. The Labute approximate surface area is 84.1 Å². The Morgan fingerprint density at radius 3 is 3.00 bits per heavy atom. The molecule has 0 aromatic carbocycles. The van der Waals surface area contributed by atoms with Crippen LogP contribution in [-0.4, -0.2) is 23.8 Å². The van der Waals surface area contributed by atoms with Crippen molar-refractivity contribution in [2.45, 2.75) is 50.9 Å². The van der Waals surface area contributed by atoms with Crippen molar-refractivity contribution in [3.05, 3.63) is 12.2 Å². The first kappa shape index (κ1) is 9.71. The molecule has 0 spiro atoms. The summed E-state index contributed by atoms with van der Waals surface area (Å²) in [5.74, 6) is -0.139. The maximum absolute atomic E-state index is 11.2. The SMILES string of the molecule is C=C(C)[C@@H]1CC[C@@]2(C)OC(=O)C[C@H]2O1. The van der Waals surface area contributed by atoms with Crippen molar-refractivity contribution >= 4 is 5.97 Å². The lowest BCUT2D eigenvalue weighted by Gasteiger charge is -2.38. The van der Waals surface area contributed by atoms with Crippen LogP contribution in [0.5, 0.6) is 0 Å². The van der Waals surface area contributed by atoms with Crippen LogP contribution in [0.1, 0.15) is 33.1 Å². The van der Waals surface area contributed by atoms with E-state index in [4.69, 9.17) is 9.47 Å². The van der Waals surface area contributed by atoms with Crippen LogP contribution in [0.2, 0.25) is 0 Å². The van der Waals surface area contributed by atoms with Crippen LogP contribution in [-0.2, 0) is 14.3 Å². The molecule has 2 aliphatic rings. The zero-order chi connectivity index (χ0) is 10.3. The number of ether oxygens (including phenoxy) is 2. The molecule has 3 heteroatoms. The van der Waals surface area contributed by atoms with Crippen molar-refractivity contribution in [3.63, 3.8) is 0 Å². The van der Waals surface area contributed by atoms with E-state index in [9.17, 15) is 4.79 Å². The standard InChI is InChI=1S/C11H16O3/c1-7(2)8-4-5-11(3)9(13-8)6-10(12)14-11/h8-9H,1,4-6H2,2-3H3/t8-,9+,11+/m0/s1. The first-order chi connectivity index (χ1) is 6.51. The first-order valence-electron chi connectivity index (χ1n) is 5.04. The molecular formula is C11H16O3. The normalized spacial score (nSPS) is 41.7. The Balaban J connectivity index is 2.11. The summed E-state index contributed by atoms with van der Waals surface area (Å²) in [5.41, 5.74) is 0.648. The van der Waals surface area contributed by atoms with Gasteiger partial charge in [0, 0.05) is 0 Å². The van der Waals surface area contributed by atoms with Gasteiger partial charge in [0.25, 0.3) is 0 Å². The van der Waals surface area contributed by atoms with E-state index in [1.54, 1.807) is 0 Å². The fraction of sp³-hybridized carbons (Fsp3) is 0.727. The maximum Gasteiger partial charge on any atom is 0.309 e. The average Bonchev–Trinajstić information content (AvgIpc) is 2.37. The van der Waals surface area contributed by atoms with Crippen LogP contribution in [0.25, 0.3) is 0 Å². The van der Waals surface area contributed by atoms with Gasteiger partial charge in [-0.25, -0.2) is 0 Å². The number of hydrogen-bond donors (Lipinski definition) is 0. The molecule has 14 heavy (non-hydrogen) atoms. The minimum atomic E-state index is -0.386. The monoisotopic (exact) mass is 196 g/mol. The number of esters is 1. The molecule has 0 amide bonds. The third-order valence-corrected chi connectivity index (χ3v) is 3.16. The largest absolute Gasteiger partial charge is 0.456 e. The second-order valence-electron chi connectivity index (χ2n) is 4.49. The van der Waals surface area contributed by atoms with E-state index >= 15 is 0 Å². The zero-order valence-corrected chi connectivity index (χ0v) is 8.71. The molecular weight excluding hydrogens is 180 g/mol. The topological polar surface area (TPSA) is 35.5 Å². The van der Waals surface area contributed by atoms with Gasteiger partial charge < -0.3 is 9.47 Å². The second-order valence-corrected chi connectivity index (χ2v) is 4.49. The summed E-state index contributed by atoms with van der Waals surface area (Å²) < 4.78 is 11.1. The molecule has 0 aliphatic carbocycles. The quantitative estimate of drug-likeness (QED) is 0.474. The Hall–Kier alpha value is -0.830. The fourth-order valence-electron chi connectivity index (χ4n) is 2.19. The number of rotatable bonds is 1. The molecule has 0 radical (unpaired) electrons. The van der Waals surface area contributed by atoms with Crippen molar-refractivity contribution in [3.8, 4) is 0 Å². The van der Waals surface area contributed by atoms with Gasteiger partial charge in [-0.1, -0.05) is 12.2 Å². The van der Waals surface area contributed by atoms with Crippen LogP contribution in [0.15, 0.2) is 12.2 Å². The summed E-state index contributed by atoms with van der Waals surface area (Å²) in [6, 6.07) is 0. The molecule has 2 saturated heterocycles. The highest BCUT2D eigenvalue weighted by Crippen LogP contribution is 2.40. The van der Waals surface area contributed by atoms with E-state index in [0.29, 0.717) is 6.42 Å². The van der Waals surface area contributed by atoms with E-state index in [1.165, 1.54) is 0 Å². The van der Waals surface area contributed by atoms with Gasteiger partial charge in [-0.15, -0.1) is 0 Å². The molecule has 0 unspecified atom stereocenters. The van der Waals surface area contributed by atoms with Crippen LogP contribution in [0.4, 0.5) is 0 Å². The summed E-state index contributed by atoms with van der Waals surface area (Å²) in [5, 5.41) is 0. The van der Waals surface area contributed by atoms with Gasteiger partial charge in [-0.3, -0.25) is 4.79 Å². The lowest BCUT2D eigenvalue weighted by Crippen LogP contribution is -2.45. The van der Waals surface area contributed by atoms with Crippen molar-refractivity contribution in [1.29, 1.82) is 0 Å². The Bertz CT molecular complexity index is 284. The molecule has 2 heterocycles. The van der Waals surface area contributed by atoms with Gasteiger partial charge in [0.1, 0.15) is 11.7 Å². The zero-order valence-electron chi connectivity index (χ0n) is 8.71. The predicted octanol–water partition coefficient (Wildman–Crippen LogP) is 1.82. The average molecular weight is 196 g/mol. The van der Waals surface area contributed by atoms with Crippen LogP contribution in [0, 0.1) is 0 Å². The lowest BCUT2D eigenvalue weighted by molar-refractivity contribution is -0.161. The molecule has 3 nitrogen and oxygen atoms in total. The van der Waals surface area contributed by atoms with Gasteiger partial charge in [-0.05, 0) is 26.7 Å². The van der Waals surface area contributed by atoms with E-state index < -0.39 is 0 Å². The number of carbonyl (C=O) groups excluding carboxylic acids is 1. The molecule has 2 rings (SSSR count). The summed E-state index contributed by atoms with van der Waals surface area (Å²) >= 11 is 0. The number of fused-ring (bicyclic) bond motifs is 1. The first-order valence-corrected chi connectivity index (χ1v) is 5.04. The number of hydrogen-bond acceptors (Lipinski definition) is 3. The van der Waals surface area contributed by atoms with Crippen LogP contribution >= 0.6 is 0 Å². The Kier molecular flexibility index (Phi) is 2.14. The third-order valence-electron chi connectivity index (χ3n) is 3.16. The third kappa shape index (κ3) is 1.46. The highest BCUT2D eigenvalue weighted by Gasteiger charge is 2.50. The van der Waals surface area contributed by atoms with E-state index in [0.717, 1.165) is 18.4 Å². The molecule has 0 saturated carbocycles. The maximum atomic E-state index is 11.2. The minimum Gasteiger partial charge on any atom is -0.456 e. The van der Waals surface area contributed by atoms with Gasteiger partial charge in [-0.2, -0.15) is 0 Å². The lowest BCUT2D eigenvalue weighted by atomic mass is 9.87. The van der Waals surface area contributed by atoms with E-state index in [2.05, 4.69) is 6.58 Å². The van der Waals surface area contributed by atoms with Gasteiger partial charge in [0.05, 0.1) is 12.5 Å². The molecule has 0 N–H and O–H groups in total. The van der Waals surface area contributed by atoms with Crippen LogP contribution < -0.4 is 0 Å². The summed E-state index contributed by atoms with van der Waals surface area (Å²) in [4.78, 5) is 11.2. The summed E-state index contributed by atoms with van der Waals surface area (Å²) in [6.07, 6.45) is 2.18. The summed E-state index contributed by atoms with van der Waals surface area (Å²) in [7, 11) is 0. The Morgan fingerprint density at radius 1 is 1.64 bits per heavy atom. The molecule has 0 aromatic heterocycles. The molecule has 0 bridgehead atoms. The van der Waals surface area contributed by atoms with Crippen molar-refractivity contribution in [2.24, 2.45) is 0 Å². The molecule has 78 valence electrons. The molecule has 0 aromatic rings.